The summed E-state index contributed by atoms with van der Waals surface area (Å²) in [7, 11) is 0. The maximum Gasteiger partial charge on any atom is 0.130 e. The third kappa shape index (κ3) is 3.20. The quantitative estimate of drug-likeness (QED) is 0.877. The molecule has 0 saturated carbocycles. The van der Waals surface area contributed by atoms with E-state index >= 15 is 0 Å². The Kier molecular flexibility index (Phi) is 4.79. The van der Waals surface area contributed by atoms with Crippen molar-refractivity contribution in [3.05, 3.63) is 48.0 Å². The summed E-state index contributed by atoms with van der Waals surface area (Å²) in [5.74, 6) is 0.735. The van der Waals surface area contributed by atoms with Gasteiger partial charge in [-0.2, -0.15) is 0 Å². The number of imidazole rings is 1. The van der Waals surface area contributed by atoms with Crippen LogP contribution < -0.4 is 4.74 Å². The number of aliphatic hydroxyl groups is 1. The summed E-state index contributed by atoms with van der Waals surface area (Å²) >= 11 is 0. The zero-order valence-corrected chi connectivity index (χ0v) is 12.3. The van der Waals surface area contributed by atoms with Crippen molar-refractivity contribution in [2.75, 3.05) is 0 Å². The van der Waals surface area contributed by atoms with Crippen molar-refractivity contribution in [1.82, 2.24) is 9.55 Å². The second-order valence-corrected chi connectivity index (χ2v) is 5.14. The molecule has 0 fully saturated rings. The first-order valence-electron chi connectivity index (χ1n) is 7.04. The standard InChI is InChI=1S/C16H22N2O2/c1-4-15(19)14-7-5-6-8-16(14)20-10-13-9-17-11-18(13)12(2)3/h5-9,11-12,15,19H,4,10H2,1-3H3/t15-/m1/s1. The second-order valence-electron chi connectivity index (χ2n) is 5.14. The molecule has 0 radical (unpaired) electrons. The van der Waals surface area contributed by atoms with Crippen LogP contribution in [0.5, 0.6) is 5.75 Å². The summed E-state index contributed by atoms with van der Waals surface area (Å²) < 4.78 is 7.96. The van der Waals surface area contributed by atoms with Crippen LogP contribution in [-0.2, 0) is 6.61 Å². The highest BCUT2D eigenvalue weighted by atomic mass is 16.5. The molecule has 0 bridgehead atoms. The van der Waals surface area contributed by atoms with Crippen LogP contribution in [0, 0.1) is 0 Å². The van der Waals surface area contributed by atoms with E-state index in [9.17, 15) is 5.11 Å². The van der Waals surface area contributed by atoms with E-state index in [1.54, 1.807) is 0 Å². The van der Waals surface area contributed by atoms with Gasteiger partial charge in [-0.3, -0.25) is 0 Å². The van der Waals surface area contributed by atoms with Crippen molar-refractivity contribution >= 4 is 0 Å². The normalized spacial score (nSPS) is 12.7. The largest absolute Gasteiger partial charge is 0.487 e. The molecule has 0 unspecified atom stereocenters. The van der Waals surface area contributed by atoms with Crippen LogP contribution in [-0.4, -0.2) is 14.7 Å². The van der Waals surface area contributed by atoms with Gasteiger partial charge in [0.05, 0.1) is 24.3 Å². The number of rotatable bonds is 6. The van der Waals surface area contributed by atoms with Crippen molar-refractivity contribution < 1.29 is 9.84 Å². The Morgan fingerprint density at radius 2 is 2.05 bits per heavy atom. The Morgan fingerprint density at radius 3 is 2.75 bits per heavy atom. The first-order chi connectivity index (χ1) is 9.63. The molecule has 1 aromatic heterocycles. The minimum absolute atomic E-state index is 0.354. The summed E-state index contributed by atoms with van der Waals surface area (Å²) in [6.07, 6.45) is 3.82. The van der Waals surface area contributed by atoms with Crippen LogP contribution in [0.15, 0.2) is 36.8 Å². The van der Waals surface area contributed by atoms with Gasteiger partial charge in [0.25, 0.3) is 0 Å². The van der Waals surface area contributed by atoms with Crippen LogP contribution in [0.1, 0.15) is 50.6 Å². The number of benzene rings is 1. The molecule has 4 nitrogen and oxygen atoms in total. The molecule has 0 aliphatic heterocycles. The Bertz CT molecular complexity index is 549. The maximum absolute atomic E-state index is 10.0. The van der Waals surface area contributed by atoms with Gasteiger partial charge in [0, 0.05) is 11.6 Å². The lowest BCUT2D eigenvalue weighted by Gasteiger charge is -2.16. The molecular weight excluding hydrogens is 252 g/mol. The number of para-hydroxylation sites is 1. The van der Waals surface area contributed by atoms with Crippen LogP contribution in [0.25, 0.3) is 0 Å². The Hall–Kier alpha value is -1.81. The molecule has 1 N–H and O–H groups in total. The maximum atomic E-state index is 10.0. The highest BCUT2D eigenvalue weighted by Gasteiger charge is 2.12. The number of hydrogen-bond donors (Lipinski definition) is 1. The van der Waals surface area contributed by atoms with Crippen LogP contribution in [0.3, 0.4) is 0 Å². The van der Waals surface area contributed by atoms with E-state index in [1.807, 2.05) is 43.7 Å². The fourth-order valence-electron chi connectivity index (χ4n) is 2.17. The van der Waals surface area contributed by atoms with Gasteiger partial charge in [-0.1, -0.05) is 25.1 Å². The van der Waals surface area contributed by atoms with E-state index in [0.29, 0.717) is 19.1 Å². The van der Waals surface area contributed by atoms with Crippen LogP contribution in [0.4, 0.5) is 0 Å². The van der Waals surface area contributed by atoms with E-state index in [-0.39, 0.29) is 0 Å². The molecule has 20 heavy (non-hydrogen) atoms. The number of ether oxygens (including phenoxy) is 1. The zero-order chi connectivity index (χ0) is 14.5. The third-order valence-electron chi connectivity index (χ3n) is 3.34. The molecule has 0 aliphatic carbocycles. The van der Waals surface area contributed by atoms with E-state index < -0.39 is 6.10 Å². The highest BCUT2D eigenvalue weighted by Crippen LogP contribution is 2.27. The van der Waals surface area contributed by atoms with Crippen molar-refractivity contribution in [2.24, 2.45) is 0 Å². The average molecular weight is 274 g/mol. The predicted molar refractivity (Wildman–Crippen MR) is 78.6 cm³/mol. The highest BCUT2D eigenvalue weighted by molar-refractivity contribution is 5.35. The first kappa shape index (κ1) is 14.6. The lowest BCUT2D eigenvalue weighted by atomic mass is 10.1. The minimum Gasteiger partial charge on any atom is -0.487 e. The number of nitrogens with zero attached hydrogens (tertiary/aromatic N) is 2. The molecule has 0 aliphatic rings. The SMILES string of the molecule is CC[C@@H](O)c1ccccc1OCc1cncn1C(C)C. The van der Waals surface area contributed by atoms with Gasteiger partial charge in [0.1, 0.15) is 12.4 Å². The molecular formula is C16H22N2O2. The second kappa shape index (κ2) is 6.57. The Balaban J connectivity index is 2.13. The topological polar surface area (TPSA) is 47.3 Å². The number of hydrogen-bond acceptors (Lipinski definition) is 3. The monoisotopic (exact) mass is 274 g/mol. The fourth-order valence-corrected chi connectivity index (χ4v) is 2.17. The van der Waals surface area contributed by atoms with Gasteiger partial charge in [0.2, 0.25) is 0 Å². The number of aromatic nitrogens is 2. The molecule has 0 amide bonds. The Morgan fingerprint density at radius 1 is 1.30 bits per heavy atom. The summed E-state index contributed by atoms with van der Waals surface area (Å²) in [6, 6.07) is 7.99. The third-order valence-corrected chi connectivity index (χ3v) is 3.34. The van der Waals surface area contributed by atoms with Crippen molar-refractivity contribution in [1.29, 1.82) is 0 Å². The lowest BCUT2D eigenvalue weighted by Crippen LogP contribution is -2.08. The van der Waals surface area contributed by atoms with Crippen molar-refractivity contribution in [3.63, 3.8) is 0 Å². The summed E-state index contributed by atoms with van der Waals surface area (Å²) in [5.41, 5.74) is 1.87. The summed E-state index contributed by atoms with van der Waals surface area (Å²) in [4.78, 5) is 4.16. The molecule has 4 heteroatoms. The van der Waals surface area contributed by atoms with Gasteiger partial charge in [-0.15, -0.1) is 0 Å². The molecule has 1 atom stereocenters. The molecule has 2 rings (SSSR count). The molecule has 1 aromatic carbocycles. The van der Waals surface area contributed by atoms with Crippen LogP contribution >= 0.6 is 0 Å². The summed E-state index contributed by atoms with van der Waals surface area (Å²) in [6.45, 7) is 6.63. The van der Waals surface area contributed by atoms with Gasteiger partial charge in [-0.05, 0) is 26.3 Å². The van der Waals surface area contributed by atoms with Crippen molar-refractivity contribution in [2.45, 2.75) is 45.9 Å². The van der Waals surface area contributed by atoms with Gasteiger partial charge in [0.15, 0.2) is 0 Å². The molecule has 1 heterocycles. The minimum atomic E-state index is -0.485. The average Bonchev–Trinajstić information content (AvgIpc) is 2.93. The lowest BCUT2D eigenvalue weighted by molar-refractivity contribution is 0.166. The molecule has 108 valence electrons. The van der Waals surface area contributed by atoms with E-state index in [4.69, 9.17) is 4.74 Å². The van der Waals surface area contributed by atoms with E-state index in [0.717, 1.165) is 17.0 Å². The van der Waals surface area contributed by atoms with E-state index in [1.165, 1.54) is 0 Å². The van der Waals surface area contributed by atoms with E-state index in [2.05, 4.69) is 23.4 Å². The van der Waals surface area contributed by atoms with Gasteiger partial charge in [-0.25, -0.2) is 4.98 Å². The van der Waals surface area contributed by atoms with Crippen LogP contribution in [0.2, 0.25) is 0 Å². The zero-order valence-electron chi connectivity index (χ0n) is 12.3. The first-order valence-corrected chi connectivity index (χ1v) is 7.04. The smallest absolute Gasteiger partial charge is 0.130 e. The summed E-state index contributed by atoms with van der Waals surface area (Å²) in [5, 5.41) is 10.0. The van der Waals surface area contributed by atoms with Gasteiger partial charge >= 0.3 is 0 Å². The van der Waals surface area contributed by atoms with Gasteiger partial charge < -0.3 is 14.4 Å². The molecule has 2 aromatic rings. The fraction of sp³-hybridized carbons (Fsp3) is 0.438. The predicted octanol–water partition coefficient (Wildman–Crippen LogP) is 3.49. The Labute approximate surface area is 120 Å². The molecule has 0 spiro atoms. The molecule has 0 saturated heterocycles. The number of aliphatic hydroxyl groups excluding tert-OH is 1. The van der Waals surface area contributed by atoms with Crippen molar-refractivity contribution in [3.8, 4) is 5.75 Å².